The van der Waals surface area contributed by atoms with Gasteiger partial charge in [0.2, 0.25) is 0 Å². The summed E-state index contributed by atoms with van der Waals surface area (Å²) in [7, 11) is 0. The molecule has 1 heterocycles. The number of carboxylic acids is 2. The Morgan fingerprint density at radius 2 is 1.83 bits per heavy atom. The number of likely N-dealkylation sites (tertiary alicyclic amines) is 1. The Labute approximate surface area is 105 Å². The maximum absolute atomic E-state index is 11.8. The Bertz CT molecular complexity index is 336. The van der Waals surface area contributed by atoms with Crippen molar-refractivity contribution in [3.63, 3.8) is 0 Å². The van der Waals surface area contributed by atoms with Gasteiger partial charge in [0.15, 0.2) is 0 Å². The number of amides is 2. The molecule has 0 unspecified atom stereocenters. The number of carboxylic acid groups (broad SMARTS) is 2. The monoisotopic (exact) mass is 258 g/mol. The highest BCUT2D eigenvalue weighted by molar-refractivity contribution is 5.86. The van der Waals surface area contributed by atoms with Gasteiger partial charge >= 0.3 is 18.0 Å². The van der Waals surface area contributed by atoms with E-state index in [0.29, 0.717) is 19.0 Å². The Morgan fingerprint density at radius 3 is 2.28 bits per heavy atom. The lowest BCUT2D eigenvalue weighted by Gasteiger charge is -2.31. The molecule has 1 atom stereocenters. The van der Waals surface area contributed by atoms with Gasteiger partial charge in [-0.25, -0.2) is 9.59 Å². The van der Waals surface area contributed by atoms with Crippen molar-refractivity contribution in [1.29, 1.82) is 0 Å². The first-order chi connectivity index (χ1) is 8.40. The molecule has 1 fully saturated rings. The summed E-state index contributed by atoms with van der Waals surface area (Å²) < 4.78 is 0. The van der Waals surface area contributed by atoms with Gasteiger partial charge in [-0.2, -0.15) is 0 Å². The molecular formula is C11H18N2O5. The summed E-state index contributed by atoms with van der Waals surface area (Å²) in [6.07, 6.45) is 1.14. The third-order valence-corrected chi connectivity index (χ3v) is 3.05. The van der Waals surface area contributed by atoms with E-state index in [-0.39, 0.29) is 0 Å². The highest BCUT2D eigenvalue weighted by Gasteiger charge is 2.27. The molecule has 0 aromatic carbocycles. The Balaban J connectivity index is 2.50. The van der Waals surface area contributed by atoms with Gasteiger partial charge in [0.1, 0.15) is 6.04 Å². The van der Waals surface area contributed by atoms with Crippen LogP contribution in [0.15, 0.2) is 0 Å². The van der Waals surface area contributed by atoms with E-state index in [9.17, 15) is 14.4 Å². The van der Waals surface area contributed by atoms with Crippen molar-refractivity contribution in [3.8, 4) is 0 Å². The molecule has 2 amide bonds. The predicted molar refractivity (Wildman–Crippen MR) is 62.2 cm³/mol. The summed E-state index contributed by atoms with van der Waals surface area (Å²) in [6.45, 7) is 3.25. The lowest BCUT2D eigenvalue weighted by atomic mass is 10.00. The minimum absolute atomic E-state index is 0.504. The van der Waals surface area contributed by atoms with Crippen molar-refractivity contribution in [2.75, 3.05) is 13.1 Å². The second kappa shape index (κ2) is 6.23. The number of rotatable bonds is 4. The zero-order chi connectivity index (χ0) is 13.7. The van der Waals surface area contributed by atoms with Gasteiger partial charge in [0.25, 0.3) is 0 Å². The highest BCUT2D eigenvalue weighted by atomic mass is 16.4. The van der Waals surface area contributed by atoms with Gasteiger partial charge in [0, 0.05) is 13.1 Å². The van der Waals surface area contributed by atoms with Crippen LogP contribution >= 0.6 is 0 Å². The molecule has 0 aromatic rings. The average Bonchev–Trinajstić information content (AvgIpc) is 2.28. The summed E-state index contributed by atoms with van der Waals surface area (Å²) in [6, 6.07) is -1.88. The molecule has 1 aliphatic rings. The molecular weight excluding hydrogens is 240 g/mol. The van der Waals surface area contributed by atoms with Crippen LogP contribution in [0.1, 0.15) is 26.2 Å². The second-order valence-corrected chi connectivity index (χ2v) is 4.61. The lowest BCUT2D eigenvalue weighted by molar-refractivity contribution is -0.145. The highest BCUT2D eigenvalue weighted by Crippen LogP contribution is 2.15. The minimum Gasteiger partial charge on any atom is -0.481 e. The van der Waals surface area contributed by atoms with Crippen LogP contribution in [0.3, 0.4) is 0 Å². The molecule has 0 bridgehead atoms. The summed E-state index contributed by atoms with van der Waals surface area (Å²) in [4.78, 5) is 34.6. The van der Waals surface area contributed by atoms with Crippen molar-refractivity contribution in [1.82, 2.24) is 10.2 Å². The van der Waals surface area contributed by atoms with Crippen molar-refractivity contribution >= 4 is 18.0 Å². The third kappa shape index (κ3) is 4.23. The third-order valence-electron chi connectivity index (χ3n) is 3.05. The summed E-state index contributed by atoms with van der Waals surface area (Å²) >= 11 is 0. The molecule has 0 aliphatic carbocycles. The molecule has 18 heavy (non-hydrogen) atoms. The molecule has 3 N–H and O–H groups in total. The number of carbonyl (C=O) groups excluding carboxylic acids is 1. The number of aliphatic carboxylic acids is 2. The molecule has 7 heteroatoms. The van der Waals surface area contributed by atoms with Crippen LogP contribution in [0, 0.1) is 5.92 Å². The van der Waals surface area contributed by atoms with Crippen molar-refractivity contribution in [3.05, 3.63) is 0 Å². The molecule has 0 aromatic heterocycles. The maximum atomic E-state index is 11.8. The molecule has 0 spiro atoms. The topological polar surface area (TPSA) is 107 Å². The van der Waals surface area contributed by atoms with E-state index in [2.05, 4.69) is 12.2 Å². The van der Waals surface area contributed by atoms with Gasteiger partial charge in [-0.3, -0.25) is 4.79 Å². The van der Waals surface area contributed by atoms with Crippen molar-refractivity contribution in [2.45, 2.75) is 32.2 Å². The molecule has 1 aliphatic heterocycles. The minimum atomic E-state index is -1.38. The van der Waals surface area contributed by atoms with Crippen LogP contribution in [-0.4, -0.2) is 52.2 Å². The van der Waals surface area contributed by atoms with Crippen LogP contribution in [0.5, 0.6) is 0 Å². The maximum Gasteiger partial charge on any atom is 0.326 e. The number of piperidine rings is 1. The van der Waals surface area contributed by atoms with E-state index in [0.717, 1.165) is 12.8 Å². The smallest absolute Gasteiger partial charge is 0.326 e. The molecule has 1 rings (SSSR count). The van der Waals surface area contributed by atoms with Gasteiger partial charge in [-0.15, -0.1) is 0 Å². The first-order valence-corrected chi connectivity index (χ1v) is 5.90. The zero-order valence-electron chi connectivity index (χ0n) is 10.3. The summed E-state index contributed by atoms with van der Waals surface area (Å²) in [5.74, 6) is -2.03. The SMILES string of the molecule is CC1CCN(C(=O)N[C@@H](CC(=O)O)C(=O)O)CC1. The van der Waals surface area contributed by atoms with Gasteiger partial charge in [-0.05, 0) is 18.8 Å². The van der Waals surface area contributed by atoms with Crippen LogP contribution in [0.25, 0.3) is 0 Å². The number of nitrogens with one attached hydrogen (secondary N) is 1. The van der Waals surface area contributed by atoms with Gasteiger partial charge in [-0.1, -0.05) is 6.92 Å². The second-order valence-electron chi connectivity index (χ2n) is 4.61. The number of hydrogen-bond acceptors (Lipinski definition) is 3. The number of hydrogen-bond donors (Lipinski definition) is 3. The van der Waals surface area contributed by atoms with E-state index in [1.807, 2.05) is 0 Å². The number of nitrogens with zero attached hydrogens (tertiary/aromatic N) is 1. The van der Waals surface area contributed by atoms with Crippen LogP contribution < -0.4 is 5.32 Å². The Hall–Kier alpha value is -1.79. The molecule has 0 radical (unpaired) electrons. The summed E-state index contributed by atoms with van der Waals surface area (Å²) in [5, 5.41) is 19.6. The lowest BCUT2D eigenvalue weighted by Crippen LogP contribution is -2.50. The molecule has 0 saturated carbocycles. The molecule has 1 saturated heterocycles. The standard InChI is InChI=1S/C11H18N2O5/c1-7-2-4-13(5-3-7)11(18)12-8(10(16)17)6-9(14)15/h7-8H,2-6H2,1H3,(H,12,18)(H,14,15)(H,16,17)/t8-/m0/s1. The fraction of sp³-hybridized carbons (Fsp3) is 0.727. The van der Waals surface area contributed by atoms with E-state index in [1.54, 1.807) is 0 Å². The summed E-state index contributed by atoms with van der Waals surface area (Å²) in [5.41, 5.74) is 0. The van der Waals surface area contributed by atoms with E-state index in [1.165, 1.54) is 4.90 Å². The first-order valence-electron chi connectivity index (χ1n) is 5.90. The molecule has 7 nitrogen and oxygen atoms in total. The Morgan fingerprint density at radius 1 is 1.28 bits per heavy atom. The van der Waals surface area contributed by atoms with Crippen LogP contribution in [0.4, 0.5) is 4.79 Å². The largest absolute Gasteiger partial charge is 0.481 e. The Kier molecular flexibility index (Phi) is 4.94. The quantitative estimate of drug-likeness (QED) is 0.674. The van der Waals surface area contributed by atoms with E-state index in [4.69, 9.17) is 10.2 Å². The average molecular weight is 258 g/mol. The van der Waals surface area contributed by atoms with Gasteiger partial charge < -0.3 is 20.4 Å². The zero-order valence-corrected chi connectivity index (χ0v) is 10.3. The fourth-order valence-electron chi connectivity index (χ4n) is 1.83. The van der Waals surface area contributed by atoms with Crippen molar-refractivity contribution in [2.24, 2.45) is 5.92 Å². The number of carbonyl (C=O) groups is 3. The normalized spacial score (nSPS) is 18.2. The van der Waals surface area contributed by atoms with E-state index >= 15 is 0 Å². The molecule has 102 valence electrons. The first kappa shape index (κ1) is 14.3. The van der Waals surface area contributed by atoms with Crippen molar-refractivity contribution < 1.29 is 24.6 Å². The van der Waals surface area contributed by atoms with E-state index < -0.39 is 30.4 Å². The fourth-order valence-corrected chi connectivity index (χ4v) is 1.83. The number of urea groups is 1. The van der Waals surface area contributed by atoms with Gasteiger partial charge in [0.05, 0.1) is 6.42 Å². The van der Waals surface area contributed by atoms with Crippen LogP contribution in [-0.2, 0) is 9.59 Å². The van der Waals surface area contributed by atoms with Crippen LogP contribution in [0.2, 0.25) is 0 Å². The predicted octanol–water partition coefficient (Wildman–Crippen LogP) is 0.356.